The maximum absolute atomic E-state index is 12.0. The number of nitrogens with one attached hydrogen (secondary N) is 1. The van der Waals surface area contributed by atoms with Crippen molar-refractivity contribution in [1.82, 2.24) is 5.32 Å². The van der Waals surface area contributed by atoms with Gasteiger partial charge in [-0.05, 0) is 62.2 Å². The topological polar surface area (TPSA) is 46.2 Å². The summed E-state index contributed by atoms with van der Waals surface area (Å²) in [5.74, 6) is 3.30. The van der Waals surface area contributed by atoms with Crippen LogP contribution < -0.4 is 5.32 Å². The van der Waals surface area contributed by atoms with E-state index in [0.29, 0.717) is 24.3 Å². The number of amides is 1. The monoisotopic (exact) mass is 263 g/mol. The molecule has 106 valence electrons. The van der Waals surface area contributed by atoms with Gasteiger partial charge in [-0.2, -0.15) is 0 Å². The third-order valence-electron chi connectivity index (χ3n) is 5.44. The quantitative estimate of drug-likeness (QED) is 0.775. The average Bonchev–Trinajstić information content (AvgIpc) is 2.33. The Hall–Kier alpha value is -0.860. The van der Waals surface area contributed by atoms with Gasteiger partial charge >= 0.3 is 0 Å². The number of hydrogen-bond donors (Lipinski definition) is 1. The van der Waals surface area contributed by atoms with Gasteiger partial charge in [-0.15, -0.1) is 0 Å². The van der Waals surface area contributed by atoms with Crippen molar-refractivity contribution in [1.29, 1.82) is 0 Å². The fourth-order valence-electron chi connectivity index (χ4n) is 4.94. The third-order valence-corrected chi connectivity index (χ3v) is 5.44. The molecule has 0 aromatic rings. The molecule has 3 nitrogen and oxygen atoms in total. The lowest BCUT2D eigenvalue weighted by Gasteiger charge is -2.54. The SMILES string of the molecule is CCCC(=O)CC(=O)NC1C2CC3CC(C2)CC1C3. The van der Waals surface area contributed by atoms with Gasteiger partial charge < -0.3 is 5.32 Å². The molecule has 0 radical (unpaired) electrons. The number of ketones is 1. The zero-order valence-corrected chi connectivity index (χ0v) is 11.9. The first kappa shape index (κ1) is 13.1. The van der Waals surface area contributed by atoms with Crippen molar-refractivity contribution >= 4 is 11.7 Å². The van der Waals surface area contributed by atoms with Crippen molar-refractivity contribution in [2.45, 2.75) is 64.3 Å². The van der Waals surface area contributed by atoms with Gasteiger partial charge in [-0.3, -0.25) is 9.59 Å². The first-order valence-corrected chi connectivity index (χ1v) is 7.96. The second-order valence-electron chi connectivity index (χ2n) is 6.99. The van der Waals surface area contributed by atoms with Crippen molar-refractivity contribution in [3.8, 4) is 0 Å². The van der Waals surface area contributed by atoms with Crippen LogP contribution in [0, 0.1) is 23.7 Å². The standard InChI is InChI=1S/C16H25NO2/c1-2-3-14(18)9-15(19)17-16-12-5-10-4-11(7-12)8-13(16)6-10/h10-13,16H,2-9H2,1H3,(H,17,19). The lowest BCUT2D eigenvalue weighted by atomic mass is 9.54. The predicted octanol–water partition coefficient (Wildman–Crippen LogP) is 2.69. The number of Topliss-reactive ketones (excluding diaryl/α,β-unsaturated/α-hetero) is 1. The van der Waals surface area contributed by atoms with Crippen molar-refractivity contribution in [3.05, 3.63) is 0 Å². The molecule has 0 heterocycles. The molecule has 19 heavy (non-hydrogen) atoms. The summed E-state index contributed by atoms with van der Waals surface area (Å²) in [5, 5.41) is 3.19. The summed E-state index contributed by atoms with van der Waals surface area (Å²) >= 11 is 0. The Balaban J connectivity index is 1.55. The Morgan fingerprint density at radius 1 is 1.00 bits per heavy atom. The van der Waals surface area contributed by atoms with Gasteiger partial charge in [0.1, 0.15) is 5.78 Å². The van der Waals surface area contributed by atoms with E-state index in [9.17, 15) is 9.59 Å². The minimum Gasteiger partial charge on any atom is -0.352 e. The number of carbonyl (C=O) groups is 2. The molecule has 4 fully saturated rings. The molecule has 0 saturated heterocycles. The molecule has 0 unspecified atom stereocenters. The first-order chi connectivity index (χ1) is 9.15. The van der Waals surface area contributed by atoms with Crippen molar-refractivity contribution in [2.24, 2.45) is 23.7 Å². The minimum atomic E-state index is -0.0316. The average molecular weight is 263 g/mol. The largest absolute Gasteiger partial charge is 0.352 e. The highest BCUT2D eigenvalue weighted by atomic mass is 16.2. The second kappa shape index (κ2) is 5.26. The van der Waals surface area contributed by atoms with Gasteiger partial charge in [0.2, 0.25) is 5.91 Å². The molecule has 1 amide bonds. The zero-order chi connectivity index (χ0) is 13.4. The van der Waals surface area contributed by atoms with Crippen LogP contribution in [0.25, 0.3) is 0 Å². The van der Waals surface area contributed by atoms with Gasteiger partial charge in [-0.25, -0.2) is 0 Å². The first-order valence-electron chi connectivity index (χ1n) is 7.96. The summed E-state index contributed by atoms with van der Waals surface area (Å²) in [7, 11) is 0. The Morgan fingerprint density at radius 3 is 2.11 bits per heavy atom. The van der Waals surface area contributed by atoms with Crippen molar-refractivity contribution in [3.63, 3.8) is 0 Å². The molecule has 1 N–H and O–H groups in total. The van der Waals surface area contributed by atoms with E-state index < -0.39 is 0 Å². The molecule has 4 rings (SSSR count). The predicted molar refractivity (Wildman–Crippen MR) is 73.5 cm³/mol. The van der Waals surface area contributed by atoms with Crippen LogP contribution in [-0.2, 0) is 9.59 Å². The van der Waals surface area contributed by atoms with Crippen LogP contribution in [-0.4, -0.2) is 17.7 Å². The highest BCUT2D eigenvalue weighted by Gasteiger charge is 2.48. The van der Waals surface area contributed by atoms with Crippen LogP contribution >= 0.6 is 0 Å². The molecule has 0 aliphatic heterocycles. The third kappa shape index (κ3) is 2.70. The molecule has 0 spiro atoms. The van der Waals surface area contributed by atoms with Crippen LogP contribution in [0.3, 0.4) is 0 Å². The molecule has 0 aromatic heterocycles. The molecule has 0 atom stereocenters. The van der Waals surface area contributed by atoms with E-state index in [2.05, 4.69) is 5.32 Å². The number of rotatable bonds is 5. The summed E-state index contributed by atoms with van der Waals surface area (Å²) in [6.07, 6.45) is 8.13. The van der Waals surface area contributed by atoms with Gasteiger partial charge in [0.15, 0.2) is 0 Å². The van der Waals surface area contributed by atoms with E-state index in [1.54, 1.807) is 0 Å². The van der Waals surface area contributed by atoms with E-state index in [4.69, 9.17) is 0 Å². The minimum absolute atomic E-state index is 0.0316. The molecule has 4 bridgehead atoms. The molecule has 0 aromatic carbocycles. The number of carbonyl (C=O) groups excluding carboxylic acids is 2. The highest BCUT2D eigenvalue weighted by Crippen LogP contribution is 2.53. The lowest BCUT2D eigenvalue weighted by molar-refractivity contribution is -0.130. The van der Waals surface area contributed by atoms with Crippen LogP contribution in [0.4, 0.5) is 0 Å². The van der Waals surface area contributed by atoms with Crippen LogP contribution in [0.5, 0.6) is 0 Å². The Kier molecular flexibility index (Phi) is 3.64. The van der Waals surface area contributed by atoms with Crippen molar-refractivity contribution in [2.75, 3.05) is 0 Å². The Morgan fingerprint density at radius 2 is 1.58 bits per heavy atom. The van der Waals surface area contributed by atoms with Gasteiger partial charge in [0.05, 0.1) is 6.42 Å². The maximum atomic E-state index is 12.0. The van der Waals surface area contributed by atoms with E-state index in [-0.39, 0.29) is 18.1 Å². The molecule has 4 aliphatic carbocycles. The van der Waals surface area contributed by atoms with E-state index in [0.717, 1.165) is 18.3 Å². The van der Waals surface area contributed by atoms with Crippen LogP contribution in [0.1, 0.15) is 58.3 Å². The smallest absolute Gasteiger partial charge is 0.227 e. The fraction of sp³-hybridized carbons (Fsp3) is 0.875. The maximum Gasteiger partial charge on any atom is 0.227 e. The van der Waals surface area contributed by atoms with Gasteiger partial charge in [0.25, 0.3) is 0 Å². The second-order valence-corrected chi connectivity index (χ2v) is 6.99. The van der Waals surface area contributed by atoms with E-state index in [1.165, 1.54) is 32.1 Å². The van der Waals surface area contributed by atoms with E-state index >= 15 is 0 Å². The molecular formula is C16H25NO2. The highest BCUT2D eigenvalue weighted by molar-refractivity contribution is 5.98. The van der Waals surface area contributed by atoms with Crippen molar-refractivity contribution < 1.29 is 9.59 Å². The summed E-state index contributed by atoms with van der Waals surface area (Å²) < 4.78 is 0. The van der Waals surface area contributed by atoms with Crippen LogP contribution in [0.15, 0.2) is 0 Å². The normalized spacial score (nSPS) is 39.3. The lowest BCUT2D eigenvalue weighted by Crippen LogP contribution is -2.56. The Labute approximate surface area is 115 Å². The van der Waals surface area contributed by atoms with E-state index in [1.807, 2.05) is 6.92 Å². The molecular weight excluding hydrogens is 238 g/mol. The summed E-state index contributed by atoms with van der Waals surface area (Å²) in [6.45, 7) is 1.98. The molecule has 4 aliphatic rings. The van der Waals surface area contributed by atoms with Gasteiger partial charge in [-0.1, -0.05) is 6.92 Å². The number of hydrogen-bond acceptors (Lipinski definition) is 2. The Bertz CT molecular complexity index is 349. The molecule has 4 saturated carbocycles. The fourth-order valence-corrected chi connectivity index (χ4v) is 4.94. The van der Waals surface area contributed by atoms with Crippen LogP contribution in [0.2, 0.25) is 0 Å². The summed E-state index contributed by atoms with van der Waals surface area (Å²) in [4.78, 5) is 23.5. The summed E-state index contributed by atoms with van der Waals surface area (Å²) in [5.41, 5.74) is 0. The van der Waals surface area contributed by atoms with Gasteiger partial charge in [0, 0.05) is 12.5 Å². The molecule has 3 heteroatoms. The zero-order valence-electron chi connectivity index (χ0n) is 11.9. The summed E-state index contributed by atoms with van der Waals surface area (Å²) in [6, 6.07) is 0.370.